The number of anilines is 4. The summed E-state index contributed by atoms with van der Waals surface area (Å²) in [7, 11) is 3.67. The van der Waals surface area contributed by atoms with Gasteiger partial charge in [0.15, 0.2) is 17.3 Å². The van der Waals surface area contributed by atoms with Gasteiger partial charge in [-0.05, 0) is 25.8 Å². The number of nitrogens with one attached hydrogen (secondary N) is 3. The number of carbonyl (C=O) groups excluding carboxylic acids is 2. The van der Waals surface area contributed by atoms with E-state index in [1.54, 1.807) is 7.05 Å². The molecule has 2 aliphatic heterocycles. The van der Waals surface area contributed by atoms with E-state index in [9.17, 15) is 9.59 Å². The average Bonchev–Trinajstić information content (AvgIpc) is 3.58. The van der Waals surface area contributed by atoms with E-state index < -0.39 is 18.4 Å². The molecular formula is C23H26N10O3. The lowest BCUT2D eigenvalue weighted by atomic mass is 9.83. The summed E-state index contributed by atoms with van der Waals surface area (Å²) >= 11 is 0. The molecule has 0 radical (unpaired) electrons. The van der Waals surface area contributed by atoms with Crippen molar-refractivity contribution >= 4 is 34.8 Å². The molecule has 1 aliphatic carbocycles. The molecule has 1 saturated carbocycles. The standard InChI is InChI=1S/C23H26N10O3/c1-11-7-13-16-19(31-33(4)30-16)23(9-36-10-23)32(3)18(13)20(25-11)26-14-8-15(27-21(34)12-5-6-12)28-29-17(14)22(35)24-2/h7-8,12H,5-6,9-10H2,1-4H3,(H,24,35)(H2,25,26,27,28,34)/i2D3. The van der Waals surface area contributed by atoms with Gasteiger partial charge in [-0.25, -0.2) is 4.98 Å². The normalized spacial score (nSPS) is 18.8. The fourth-order valence-electron chi connectivity index (χ4n) is 4.65. The molecule has 1 spiro atoms. The van der Waals surface area contributed by atoms with E-state index in [4.69, 9.17) is 13.8 Å². The number of ether oxygens (including phenoxy) is 1. The van der Waals surface area contributed by atoms with Crippen molar-refractivity contribution in [1.29, 1.82) is 0 Å². The molecule has 5 heterocycles. The second-order valence-electron chi connectivity index (χ2n) is 9.31. The number of hydrogen-bond acceptors (Lipinski definition) is 10. The van der Waals surface area contributed by atoms with Gasteiger partial charge in [0, 0.05) is 48.4 Å². The Bertz CT molecular complexity index is 1510. The van der Waals surface area contributed by atoms with Gasteiger partial charge >= 0.3 is 0 Å². The maximum atomic E-state index is 12.9. The van der Waals surface area contributed by atoms with E-state index >= 15 is 0 Å². The minimum atomic E-state index is -2.74. The molecule has 0 bridgehead atoms. The molecule has 0 aromatic carbocycles. The van der Waals surface area contributed by atoms with Crippen LogP contribution in [0.3, 0.4) is 0 Å². The van der Waals surface area contributed by atoms with Gasteiger partial charge in [0.2, 0.25) is 5.91 Å². The van der Waals surface area contributed by atoms with E-state index in [-0.39, 0.29) is 29.0 Å². The lowest BCUT2D eigenvalue weighted by molar-refractivity contribution is -0.117. The fraction of sp³-hybridized carbons (Fsp3) is 0.435. The second kappa shape index (κ2) is 7.95. The van der Waals surface area contributed by atoms with E-state index in [2.05, 4.69) is 31.0 Å². The first-order valence-electron chi connectivity index (χ1n) is 13.0. The van der Waals surface area contributed by atoms with E-state index in [0.717, 1.165) is 24.1 Å². The van der Waals surface area contributed by atoms with Gasteiger partial charge in [0.05, 0.1) is 24.6 Å². The Kier molecular flexibility index (Phi) is 4.22. The molecule has 0 unspecified atom stereocenters. The number of carbonyl (C=O) groups is 2. The van der Waals surface area contributed by atoms with Gasteiger partial charge < -0.3 is 25.6 Å². The summed E-state index contributed by atoms with van der Waals surface area (Å²) in [5.74, 6) is -0.731. The Morgan fingerprint density at radius 1 is 1.19 bits per heavy atom. The number of aromatic nitrogens is 6. The zero-order chi connectivity index (χ0) is 27.7. The highest BCUT2D eigenvalue weighted by molar-refractivity contribution is 6.00. The molecule has 0 atom stereocenters. The van der Waals surface area contributed by atoms with Crippen molar-refractivity contribution in [3.8, 4) is 11.3 Å². The van der Waals surface area contributed by atoms with Crippen LogP contribution in [0.15, 0.2) is 12.1 Å². The van der Waals surface area contributed by atoms with Crippen LogP contribution in [-0.4, -0.2) is 69.2 Å². The zero-order valence-electron chi connectivity index (χ0n) is 22.9. The molecule has 2 fully saturated rings. The first kappa shape index (κ1) is 19.1. The molecule has 1 saturated heterocycles. The summed E-state index contributed by atoms with van der Waals surface area (Å²) in [5, 5.41) is 25.0. The molecule has 13 heteroatoms. The number of hydrogen-bond donors (Lipinski definition) is 3. The van der Waals surface area contributed by atoms with Gasteiger partial charge in [0.1, 0.15) is 16.9 Å². The molecular weight excluding hydrogens is 464 g/mol. The van der Waals surface area contributed by atoms with E-state index in [0.29, 0.717) is 36.1 Å². The van der Waals surface area contributed by atoms with Gasteiger partial charge in [0.25, 0.3) is 5.91 Å². The van der Waals surface area contributed by atoms with Crippen molar-refractivity contribution in [2.24, 2.45) is 13.0 Å². The van der Waals surface area contributed by atoms with E-state index in [1.807, 2.05) is 30.3 Å². The summed E-state index contributed by atoms with van der Waals surface area (Å²) in [6.07, 6.45) is 1.59. The van der Waals surface area contributed by atoms with Gasteiger partial charge in [-0.1, -0.05) is 0 Å². The van der Waals surface area contributed by atoms with Crippen LogP contribution in [0, 0.1) is 12.8 Å². The summed E-state index contributed by atoms with van der Waals surface area (Å²) in [4.78, 5) is 33.5. The Morgan fingerprint density at radius 2 is 2.00 bits per heavy atom. The van der Waals surface area contributed by atoms with Crippen LogP contribution in [0.5, 0.6) is 0 Å². The smallest absolute Gasteiger partial charge is 0.273 e. The summed E-state index contributed by atoms with van der Waals surface area (Å²) in [5.41, 5.74) is 2.95. The Hall–Kier alpha value is -4.13. The van der Waals surface area contributed by atoms with Crippen LogP contribution in [-0.2, 0) is 22.1 Å². The quantitative estimate of drug-likeness (QED) is 0.471. The molecule has 13 nitrogen and oxygen atoms in total. The van der Waals surface area contributed by atoms with Crippen molar-refractivity contribution in [2.75, 3.05) is 42.8 Å². The third-order valence-corrected chi connectivity index (χ3v) is 6.76. The van der Waals surface area contributed by atoms with Crippen LogP contribution < -0.4 is 20.9 Å². The van der Waals surface area contributed by atoms with Gasteiger partial charge in [-0.3, -0.25) is 9.59 Å². The number of fused-ring (bicyclic) bond motifs is 4. The first-order chi connectivity index (χ1) is 18.4. The highest BCUT2D eigenvalue weighted by Crippen LogP contribution is 2.51. The highest BCUT2D eigenvalue weighted by atomic mass is 16.5. The minimum absolute atomic E-state index is 0.0806. The lowest BCUT2D eigenvalue weighted by Crippen LogP contribution is -2.60. The summed E-state index contributed by atoms with van der Waals surface area (Å²) in [6.45, 7) is -0.105. The molecule has 3 aliphatic rings. The Morgan fingerprint density at radius 3 is 2.69 bits per heavy atom. The fourth-order valence-corrected chi connectivity index (χ4v) is 4.65. The molecule has 186 valence electrons. The van der Waals surface area contributed by atoms with Crippen LogP contribution in [0.4, 0.5) is 23.0 Å². The van der Waals surface area contributed by atoms with Crippen molar-refractivity contribution in [3.63, 3.8) is 0 Å². The van der Waals surface area contributed by atoms with Crippen molar-refractivity contribution in [2.45, 2.75) is 25.3 Å². The van der Waals surface area contributed by atoms with Crippen LogP contribution in [0.2, 0.25) is 0 Å². The van der Waals surface area contributed by atoms with Crippen LogP contribution in [0.25, 0.3) is 11.3 Å². The monoisotopic (exact) mass is 493 g/mol. The Balaban J connectivity index is 1.46. The maximum absolute atomic E-state index is 12.9. The van der Waals surface area contributed by atoms with Crippen molar-refractivity contribution in [1.82, 2.24) is 35.5 Å². The topological polar surface area (TPSA) is 152 Å². The van der Waals surface area contributed by atoms with E-state index in [1.165, 1.54) is 10.9 Å². The number of pyridine rings is 1. The number of amides is 2. The summed E-state index contributed by atoms with van der Waals surface area (Å²) < 4.78 is 27.9. The predicted molar refractivity (Wildman–Crippen MR) is 130 cm³/mol. The van der Waals surface area contributed by atoms with Gasteiger partial charge in [-0.15, -0.1) is 10.2 Å². The lowest BCUT2D eigenvalue weighted by Gasteiger charge is -2.50. The largest absolute Gasteiger partial charge is 0.376 e. The zero-order valence-corrected chi connectivity index (χ0v) is 19.9. The third-order valence-electron chi connectivity index (χ3n) is 6.76. The number of rotatable bonds is 5. The van der Waals surface area contributed by atoms with Gasteiger partial charge in [-0.2, -0.15) is 15.0 Å². The number of likely N-dealkylation sites (N-methyl/N-ethyl adjacent to an activating group) is 1. The average molecular weight is 494 g/mol. The first-order valence-corrected chi connectivity index (χ1v) is 11.5. The predicted octanol–water partition coefficient (Wildman–Crippen LogP) is 1.10. The van der Waals surface area contributed by atoms with Crippen molar-refractivity contribution < 1.29 is 18.4 Å². The van der Waals surface area contributed by atoms with Crippen LogP contribution in [0.1, 0.15) is 38.8 Å². The molecule has 6 rings (SSSR count). The minimum Gasteiger partial charge on any atom is -0.376 e. The SMILES string of the molecule is [2H]C([2H])([2H])NC(=O)c1nnc(NC(=O)C2CC2)cc1Nc1nc(C)cc2c1N(C)C1(COC1)c1nn(C)nc1-2. The third kappa shape index (κ3) is 3.38. The number of nitrogens with zero attached hydrogens (tertiary/aromatic N) is 7. The molecule has 36 heavy (non-hydrogen) atoms. The molecule has 3 N–H and O–H groups in total. The molecule has 2 amide bonds. The second-order valence-corrected chi connectivity index (χ2v) is 9.31. The number of aryl methyl sites for hydroxylation is 2. The highest BCUT2D eigenvalue weighted by Gasteiger charge is 2.53. The maximum Gasteiger partial charge on any atom is 0.273 e. The Labute approximate surface area is 210 Å². The summed E-state index contributed by atoms with van der Waals surface area (Å²) in [6, 6.07) is 3.35. The van der Waals surface area contributed by atoms with Crippen LogP contribution >= 0.6 is 0 Å². The molecule has 3 aromatic heterocycles. The van der Waals surface area contributed by atoms with Crippen molar-refractivity contribution in [3.05, 3.63) is 29.2 Å². The molecule has 3 aromatic rings.